The number of cyclic esters (lactones) is 1. The average molecular weight is 235 g/mol. The molecule has 0 spiro atoms. The van der Waals surface area contributed by atoms with Crippen LogP contribution >= 0.6 is 0 Å². The Morgan fingerprint density at radius 2 is 2.00 bits per heavy atom. The molecular formula is C12H13NO4. The monoisotopic (exact) mass is 235 g/mol. The normalized spacial score (nSPS) is 22.6. The number of fused-ring (bicyclic) bond motifs is 1. The molecule has 1 amide bonds. The molecule has 1 saturated heterocycles. The van der Waals surface area contributed by atoms with Crippen molar-refractivity contribution in [3.05, 3.63) is 23.8 Å². The minimum Gasteiger partial charge on any atom is -0.490 e. The topological polar surface area (TPSA) is 56.8 Å². The van der Waals surface area contributed by atoms with Crippen LogP contribution in [0.1, 0.15) is 18.1 Å². The van der Waals surface area contributed by atoms with Gasteiger partial charge in [0.05, 0.1) is 19.8 Å². The number of amides is 1. The first-order chi connectivity index (χ1) is 8.33. The quantitative estimate of drug-likeness (QED) is 0.803. The second-order valence-electron chi connectivity index (χ2n) is 4.03. The lowest BCUT2D eigenvalue weighted by Gasteiger charge is -2.12. The number of carbonyl (C=O) groups is 1. The van der Waals surface area contributed by atoms with E-state index in [9.17, 15) is 4.79 Å². The summed E-state index contributed by atoms with van der Waals surface area (Å²) < 4.78 is 16.3. The largest absolute Gasteiger partial charge is 0.490 e. The third kappa shape index (κ3) is 2.00. The first-order valence-electron chi connectivity index (χ1n) is 5.67. The van der Waals surface area contributed by atoms with Gasteiger partial charge in [0.25, 0.3) is 0 Å². The van der Waals surface area contributed by atoms with Gasteiger partial charge in [-0.2, -0.15) is 0 Å². The van der Waals surface area contributed by atoms with Crippen molar-refractivity contribution in [2.45, 2.75) is 12.5 Å². The van der Waals surface area contributed by atoms with Gasteiger partial charge in [-0.15, -0.1) is 0 Å². The Balaban J connectivity index is 1.87. The van der Waals surface area contributed by atoms with Crippen molar-refractivity contribution in [2.75, 3.05) is 19.8 Å². The van der Waals surface area contributed by atoms with Gasteiger partial charge in [0.15, 0.2) is 11.5 Å². The molecule has 0 aromatic heterocycles. The number of carbonyl (C=O) groups excluding carboxylic acids is 1. The summed E-state index contributed by atoms with van der Waals surface area (Å²) in [5.41, 5.74) is 0.924. The molecule has 0 saturated carbocycles. The molecule has 17 heavy (non-hydrogen) atoms. The van der Waals surface area contributed by atoms with Crippen molar-refractivity contribution in [3.8, 4) is 11.5 Å². The van der Waals surface area contributed by atoms with Crippen LogP contribution in [0.5, 0.6) is 11.5 Å². The summed E-state index contributed by atoms with van der Waals surface area (Å²) in [6.07, 6.45) is 0.269. The number of hydrogen-bond acceptors (Lipinski definition) is 4. The van der Waals surface area contributed by atoms with E-state index in [4.69, 9.17) is 14.2 Å². The zero-order valence-corrected chi connectivity index (χ0v) is 9.27. The molecule has 5 nitrogen and oxygen atoms in total. The van der Waals surface area contributed by atoms with Gasteiger partial charge in [-0.1, -0.05) is 6.07 Å². The summed E-state index contributed by atoms with van der Waals surface area (Å²) in [6, 6.07) is 5.65. The fourth-order valence-electron chi connectivity index (χ4n) is 1.95. The van der Waals surface area contributed by atoms with E-state index in [0.717, 1.165) is 23.5 Å². The number of ether oxygens (including phenoxy) is 3. The van der Waals surface area contributed by atoms with Crippen molar-refractivity contribution in [1.29, 1.82) is 0 Å². The van der Waals surface area contributed by atoms with Crippen LogP contribution in [0.15, 0.2) is 18.2 Å². The van der Waals surface area contributed by atoms with Crippen LogP contribution in [0.3, 0.4) is 0 Å². The first-order valence-corrected chi connectivity index (χ1v) is 5.67. The number of hydrogen-bond donors (Lipinski definition) is 1. The molecule has 0 aliphatic carbocycles. The highest BCUT2D eigenvalue weighted by molar-refractivity contribution is 5.69. The van der Waals surface area contributed by atoms with E-state index in [1.165, 1.54) is 0 Å². The molecule has 1 aromatic rings. The van der Waals surface area contributed by atoms with Crippen LogP contribution in [-0.4, -0.2) is 25.9 Å². The predicted octanol–water partition coefficient (Wildman–Crippen LogP) is 1.63. The van der Waals surface area contributed by atoms with Crippen molar-refractivity contribution < 1.29 is 19.0 Å². The van der Waals surface area contributed by atoms with E-state index >= 15 is 0 Å². The molecule has 0 bridgehead atoms. The van der Waals surface area contributed by atoms with Gasteiger partial charge >= 0.3 is 6.09 Å². The molecule has 90 valence electrons. The maximum atomic E-state index is 11.0. The summed E-state index contributed by atoms with van der Waals surface area (Å²) in [4.78, 5) is 11.0. The van der Waals surface area contributed by atoms with Crippen LogP contribution in [0.2, 0.25) is 0 Å². The van der Waals surface area contributed by atoms with E-state index in [0.29, 0.717) is 19.8 Å². The van der Waals surface area contributed by atoms with E-state index in [-0.39, 0.29) is 12.2 Å². The summed E-state index contributed by atoms with van der Waals surface area (Å²) in [5, 5.41) is 2.63. The SMILES string of the molecule is O=C1NCC(c2ccc3c(c2)OCCCO3)O1. The lowest BCUT2D eigenvalue weighted by atomic mass is 10.1. The molecule has 2 heterocycles. The maximum Gasteiger partial charge on any atom is 0.407 e. The fraction of sp³-hybridized carbons (Fsp3) is 0.417. The Morgan fingerprint density at radius 3 is 2.76 bits per heavy atom. The summed E-state index contributed by atoms with van der Waals surface area (Å²) in [7, 11) is 0. The van der Waals surface area contributed by atoms with Gasteiger partial charge in [0.2, 0.25) is 0 Å². The van der Waals surface area contributed by atoms with Crippen molar-refractivity contribution in [1.82, 2.24) is 5.32 Å². The minimum atomic E-state index is -0.373. The molecule has 1 N–H and O–H groups in total. The minimum absolute atomic E-state index is 0.236. The second-order valence-corrected chi connectivity index (χ2v) is 4.03. The van der Waals surface area contributed by atoms with Gasteiger partial charge in [0, 0.05) is 6.42 Å². The summed E-state index contributed by atoms with van der Waals surface area (Å²) in [5.74, 6) is 1.48. The Morgan fingerprint density at radius 1 is 1.18 bits per heavy atom. The Kier molecular flexibility index (Phi) is 2.51. The van der Waals surface area contributed by atoms with Crippen LogP contribution in [0.4, 0.5) is 4.79 Å². The van der Waals surface area contributed by atoms with Crippen LogP contribution in [0.25, 0.3) is 0 Å². The van der Waals surface area contributed by atoms with Gasteiger partial charge in [-0.05, 0) is 17.7 Å². The zero-order valence-electron chi connectivity index (χ0n) is 9.27. The molecule has 2 aliphatic rings. The number of rotatable bonds is 1. The van der Waals surface area contributed by atoms with E-state index in [2.05, 4.69) is 5.32 Å². The third-order valence-electron chi connectivity index (χ3n) is 2.82. The Bertz CT molecular complexity index is 446. The maximum absolute atomic E-state index is 11.0. The van der Waals surface area contributed by atoms with E-state index in [1.807, 2.05) is 18.2 Å². The lowest BCUT2D eigenvalue weighted by molar-refractivity contribution is 0.141. The molecular weight excluding hydrogens is 222 g/mol. The number of benzene rings is 1. The van der Waals surface area contributed by atoms with Gasteiger partial charge in [-0.3, -0.25) is 0 Å². The van der Waals surface area contributed by atoms with Crippen LogP contribution in [-0.2, 0) is 4.74 Å². The van der Waals surface area contributed by atoms with Crippen molar-refractivity contribution >= 4 is 6.09 Å². The van der Waals surface area contributed by atoms with Crippen molar-refractivity contribution in [2.24, 2.45) is 0 Å². The molecule has 1 aromatic carbocycles. The summed E-state index contributed by atoms with van der Waals surface area (Å²) >= 11 is 0. The van der Waals surface area contributed by atoms with E-state index < -0.39 is 0 Å². The highest BCUT2D eigenvalue weighted by Crippen LogP contribution is 2.33. The Labute approximate surface area is 98.7 Å². The lowest BCUT2D eigenvalue weighted by Crippen LogP contribution is -2.12. The molecule has 5 heteroatoms. The van der Waals surface area contributed by atoms with Gasteiger partial charge < -0.3 is 19.5 Å². The average Bonchev–Trinajstić information content (AvgIpc) is 2.64. The fourth-order valence-corrected chi connectivity index (χ4v) is 1.95. The smallest absolute Gasteiger partial charge is 0.407 e. The standard InChI is InChI=1S/C12H13NO4/c14-12-13-7-11(17-12)8-2-3-9-10(6-8)16-5-1-4-15-9/h2-3,6,11H,1,4-5,7H2,(H,13,14). The predicted molar refractivity (Wildman–Crippen MR) is 59.3 cm³/mol. The summed E-state index contributed by atoms with van der Waals surface area (Å²) in [6.45, 7) is 1.82. The molecule has 1 fully saturated rings. The highest BCUT2D eigenvalue weighted by atomic mass is 16.6. The second kappa shape index (κ2) is 4.16. The molecule has 1 atom stereocenters. The first kappa shape index (κ1) is 10.3. The molecule has 2 aliphatic heterocycles. The molecule has 1 unspecified atom stereocenters. The van der Waals surface area contributed by atoms with Crippen LogP contribution < -0.4 is 14.8 Å². The van der Waals surface area contributed by atoms with Crippen LogP contribution in [0, 0.1) is 0 Å². The third-order valence-corrected chi connectivity index (χ3v) is 2.82. The van der Waals surface area contributed by atoms with Gasteiger partial charge in [0.1, 0.15) is 6.10 Å². The zero-order chi connectivity index (χ0) is 11.7. The Hall–Kier alpha value is -1.91. The highest BCUT2D eigenvalue weighted by Gasteiger charge is 2.25. The number of nitrogens with one attached hydrogen (secondary N) is 1. The van der Waals surface area contributed by atoms with Crippen molar-refractivity contribution in [3.63, 3.8) is 0 Å². The van der Waals surface area contributed by atoms with E-state index in [1.54, 1.807) is 0 Å². The van der Waals surface area contributed by atoms with Gasteiger partial charge in [-0.25, -0.2) is 4.79 Å². The molecule has 0 radical (unpaired) electrons. The molecule has 3 rings (SSSR count). The number of alkyl carbamates (subject to hydrolysis) is 1.